The summed E-state index contributed by atoms with van der Waals surface area (Å²) in [5.41, 5.74) is 1.06. The first-order chi connectivity index (χ1) is 10.2. The average molecular weight is 292 g/mol. The molecule has 0 radical (unpaired) electrons. The van der Waals surface area contributed by atoms with Gasteiger partial charge >= 0.3 is 6.09 Å². The largest absolute Gasteiger partial charge is 0.497 e. The van der Waals surface area contributed by atoms with Gasteiger partial charge in [-0.1, -0.05) is 12.1 Å². The highest BCUT2D eigenvalue weighted by Gasteiger charge is 2.27. The lowest BCUT2D eigenvalue weighted by molar-refractivity contribution is 0.140. The molecule has 0 saturated carbocycles. The van der Waals surface area contributed by atoms with Crippen LogP contribution in [0, 0.1) is 5.92 Å². The topological polar surface area (TPSA) is 59.6 Å². The summed E-state index contributed by atoms with van der Waals surface area (Å²) in [7, 11) is 1.65. The predicted octanol–water partition coefficient (Wildman–Crippen LogP) is 2.48. The Balaban J connectivity index is 2.18. The lowest BCUT2D eigenvalue weighted by Crippen LogP contribution is -2.39. The fourth-order valence-electron chi connectivity index (χ4n) is 2.79. The van der Waals surface area contributed by atoms with E-state index in [1.54, 1.807) is 7.11 Å². The summed E-state index contributed by atoms with van der Waals surface area (Å²) in [6, 6.07) is 7.84. The van der Waals surface area contributed by atoms with Gasteiger partial charge in [0.15, 0.2) is 0 Å². The fraction of sp³-hybridized carbons (Fsp3) is 0.562. The van der Waals surface area contributed by atoms with Crippen LogP contribution in [0.25, 0.3) is 0 Å². The van der Waals surface area contributed by atoms with Crippen LogP contribution >= 0.6 is 0 Å². The van der Waals surface area contributed by atoms with Crippen molar-refractivity contribution in [2.45, 2.75) is 25.8 Å². The Hall–Kier alpha value is -1.75. The third-order valence-corrected chi connectivity index (χ3v) is 3.86. The molecule has 0 spiro atoms. The molecule has 1 fully saturated rings. The summed E-state index contributed by atoms with van der Waals surface area (Å²) in [6.07, 6.45) is 1.71. The van der Waals surface area contributed by atoms with Gasteiger partial charge < -0.3 is 20.1 Å². The van der Waals surface area contributed by atoms with E-state index in [0.29, 0.717) is 12.5 Å². The van der Waals surface area contributed by atoms with Gasteiger partial charge in [0.25, 0.3) is 0 Å². The van der Waals surface area contributed by atoms with E-state index in [2.05, 4.69) is 10.6 Å². The lowest BCUT2D eigenvalue weighted by Gasteiger charge is -2.31. The highest BCUT2D eigenvalue weighted by atomic mass is 16.5. The molecule has 1 heterocycles. The van der Waals surface area contributed by atoms with Crippen LogP contribution in [-0.2, 0) is 4.74 Å². The maximum Gasteiger partial charge on any atom is 0.407 e. The van der Waals surface area contributed by atoms with Crippen LogP contribution in [-0.4, -0.2) is 32.9 Å². The first-order valence-electron chi connectivity index (χ1n) is 7.52. The van der Waals surface area contributed by atoms with Gasteiger partial charge in [0.1, 0.15) is 5.75 Å². The molecule has 5 heteroatoms. The summed E-state index contributed by atoms with van der Waals surface area (Å²) in [6.45, 7) is 4.15. The summed E-state index contributed by atoms with van der Waals surface area (Å²) in [5.74, 6) is 1.21. The minimum absolute atomic E-state index is 0.0405. The smallest absolute Gasteiger partial charge is 0.407 e. The molecule has 2 N–H and O–H groups in total. The number of rotatable bonds is 5. The third-order valence-electron chi connectivity index (χ3n) is 3.86. The number of nitrogens with one attached hydrogen (secondary N) is 2. The van der Waals surface area contributed by atoms with Crippen molar-refractivity contribution in [3.63, 3.8) is 0 Å². The second-order valence-electron chi connectivity index (χ2n) is 5.21. The van der Waals surface area contributed by atoms with E-state index >= 15 is 0 Å². The molecular formula is C16H24N2O3. The second-order valence-corrected chi connectivity index (χ2v) is 5.21. The predicted molar refractivity (Wildman–Crippen MR) is 81.5 cm³/mol. The molecule has 0 bridgehead atoms. The van der Waals surface area contributed by atoms with Crippen molar-refractivity contribution in [3.8, 4) is 5.75 Å². The number of piperidine rings is 1. The average Bonchev–Trinajstić information content (AvgIpc) is 2.54. The number of benzene rings is 1. The number of hydrogen-bond acceptors (Lipinski definition) is 4. The number of ether oxygens (including phenoxy) is 2. The minimum Gasteiger partial charge on any atom is -0.497 e. The van der Waals surface area contributed by atoms with Gasteiger partial charge in [-0.05, 0) is 56.5 Å². The minimum atomic E-state index is -0.358. The molecule has 5 nitrogen and oxygen atoms in total. The molecule has 0 aromatic heterocycles. The maximum atomic E-state index is 11.8. The van der Waals surface area contributed by atoms with Gasteiger partial charge in [-0.3, -0.25) is 0 Å². The molecular weight excluding hydrogens is 268 g/mol. The zero-order valence-electron chi connectivity index (χ0n) is 12.7. The Morgan fingerprint density at radius 2 is 2.19 bits per heavy atom. The van der Waals surface area contributed by atoms with E-state index in [0.717, 1.165) is 37.2 Å². The first kappa shape index (κ1) is 15.6. The van der Waals surface area contributed by atoms with Crippen LogP contribution in [0.2, 0.25) is 0 Å². The van der Waals surface area contributed by atoms with Crippen molar-refractivity contribution in [1.29, 1.82) is 0 Å². The third kappa shape index (κ3) is 4.36. The van der Waals surface area contributed by atoms with Crippen molar-refractivity contribution in [1.82, 2.24) is 10.6 Å². The number of methoxy groups -OCH3 is 1. The molecule has 1 aliphatic heterocycles. The standard InChI is InChI=1S/C16H24N2O3/c1-3-21-16(19)18-15(12-7-9-17-10-8-12)13-5-4-6-14(11-13)20-2/h4-6,11-12,15,17H,3,7-10H2,1-2H3,(H,18,19). The molecule has 2 rings (SSSR count). The second kappa shape index (κ2) is 7.88. The summed E-state index contributed by atoms with van der Waals surface area (Å²) in [4.78, 5) is 11.8. The van der Waals surface area contributed by atoms with Gasteiger partial charge in [-0.25, -0.2) is 4.79 Å². The molecule has 1 amide bonds. The molecule has 21 heavy (non-hydrogen) atoms. The van der Waals surface area contributed by atoms with Crippen molar-refractivity contribution in [2.75, 3.05) is 26.8 Å². The van der Waals surface area contributed by atoms with Crippen LogP contribution in [0.3, 0.4) is 0 Å². The van der Waals surface area contributed by atoms with Crippen molar-refractivity contribution < 1.29 is 14.3 Å². The quantitative estimate of drug-likeness (QED) is 0.875. The van der Waals surface area contributed by atoms with Gasteiger partial charge in [-0.15, -0.1) is 0 Å². The number of carbonyl (C=O) groups excluding carboxylic acids is 1. The summed E-state index contributed by atoms with van der Waals surface area (Å²) < 4.78 is 10.3. The van der Waals surface area contributed by atoms with Crippen LogP contribution in [0.15, 0.2) is 24.3 Å². The van der Waals surface area contributed by atoms with E-state index in [1.807, 2.05) is 31.2 Å². The lowest BCUT2D eigenvalue weighted by atomic mass is 9.86. The molecule has 1 aromatic rings. The fourth-order valence-corrected chi connectivity index (χ4v) is 2.79. The highest BCUT2D eigenvalue weighted by Crippen LogP contribution is 2.30. The van der Waals surface area contributed by atoms with E-state index in [9.17, 15) is 4.79 Å². The first-order valence-corrected chi connectivity index (χ1v) is 7.52. The summed E-state index contributed by atoms with van der Waals surface area (Å²) >= 11 is 0. The van der Waals surface area contributed by atoms with E-state index < -0.39 is 0 Å². The Labute approximate surface area is 126 Å². The number of amides is 1. The zero-order valence-corrected chi connectivity index (χ0v) is 12.7. The van der Waals surface area contributed by atoms with Crippen LogP contribution in [0.5, 0.6) is 5.75 Å². The summed E-state index contributed by atoms with van der Waals surface area (Å²) in [5, 5.41) is 6.36. The molecule has 1 unspecified atom stereocenters. The molecule has 1 saturated heterocycles. The highest BCUT2D eigenvalue weighted by molar-refractivity contribution is 5.68. The maximum absolute atomic E-state index is 11.8. The van der Waals surface area contributed by atoms with E-state index in [4.69, 9.17) is 9.47 Å². The number of carbonyl (C=O) groups is 1. The SMILES string of the molecule is CCOC(=O)NC(c1cccc(OC)c1)C1CCNCC1. The van der Waals surface area contributed by atoms with Crippen molar-refractivity contribution in [3.05, 3.63) is 29.8 Å². The van der Waals surface area contributed by atoms with Crippen LogP contribution in [0.4, 0.5) is 4.79 Å². The van der Waals surface area contributed by atoms with Crippen LogP contribution < -0.4 is 15.4 Å². The van der Waals surface area contributed by atoms with Gasteiger partial charge in [0.05, 0.1) is 19.8 Å². The van der Waals surface area contributed by atoms with Crippen molar-refractivity contribution >= 4 is 6.09 Å². The molecule has 116 valence electrons. The number of alkyl carbamates (subject to hydrolysis) is 1. The molecule has 1 aromatic carbocycles. The van der Waals surface area contributed by atoms with E-state index in [-0.39, 0.29) is 12.1 Å². The molecule has 1 atom stereocenters. The molecule has 0 aliphatic carbocycles. The number of hydrogen-bond donors (Lipinski definition) is 2. The van der Waals surface area contributed by atoms with Gasteiger partial charge in [0.2, 0.25) is 0 Å². The monoisotopic (exact) mass is 292 g/mol. The van der Waals surface area contributed by atoms with Gasteiger partial charge in [-0.2, -0.15) is 0 Å². The Bertz CT molecular complexity index is 459. The molecule has 1 aliphatic rings. The Kier molecular flexibility index (Phi) is 5.87. The van der Waals surface area contributed by atoms with E-state index in [1.165, 1.54) is 0 Å². The van der Waals surface area contributed by atoms with Crippen molar-refractivity contribution in [2.24, 2.45) is 5.92 Å². The van der Waals surface area contributed by atoms with Gasteiger partial charge in [0, 0.05) is 0 Å². The zero-order chi connectivity index (χ0) is 15.1. The van der Waals surface area contributed by atoms with Crippen LogP contribution in [0.1, 0.15) is 31.4 Å². The Morgan fingerprint density at radius 3 is 2.86 bits per heavy atom. The normalized spacial score (nSPS) is 17.0. The Morgan fingerprint density at radius 1 is 1.43 bits per heavy atom.